The van der Waals surface area contributed by atoms with Gasteiger partial charge in [0.05, 0.1) is 0 Å². The lowest BCUT2D eigenvalue weighted by Crippen LogP contribution is -2.44. The Morgan fingerprint density at radius 2 is 1.61 bits per heavy atom. The van der Waals surface area contributed by atoms with E-state index in [0.29, 0.717) is 5.69 Å². The van der Waals surface area contributed by atoms with Gasteiger partial charge in [0.15, 0.2) is 0 Å². The Hall–Kier alpha value is -3.71. The number of aromatic nitrogens is 3. The molecule has 1 N–H and O–H groups in total. The number of H-pyrrole nitrogens is 1. The Morgan fingerprint density at radius 1 is 0.909 bits per heavy atom. The van der Waals surface area contributed by atoms with Crippen LogP contribution in [0.15, 0.2) is 61.1 Å². The fourth-order valence-electron chi connectivity index (χ4n) is 4.24. The second kappa shape index (κ2) is 8.67. The molecule has 0 atom stereocenters. The van der Waals surface area contributed by atoms with Crippen molar-refractivity contribution in [2.24, 2.45) is 0 Å². The largest absolute Gasteiger partial charge is 0.369 e. The van der Waals surface area contributed by atoms with Crippen molar-refractivity contribution >= 4 is 22.6 Å². The summed E-state index contributed by atoms with van der Waals surface area (Å²) < 4.78 is 0. The van der Waals surface area contributed by atoms with E-state index in [1.807, 2.05) is 18.5 Å². The van der Waals surface area contributed by atoms with Crippen molar-refractivity contribution in [3.8, 4) is 22.3 Å². The fraction of sp³-hybridized carbons (Fsp3) is 0.269. The normalized spacial score (nSPS) is 14.6. The summed E-state index contributed by atoms with van der Waals surface area (Å²) in [7, 11) is 5.62. The number of likely N-dealkylation sites (N-methyl/N-ethyl adjacent to an activating group) is 1. The SMILES string of the molecule is CN1CCN(c2ccc(-c3cnc4[nH]cc(-c5ccc(C(=O)N(C)C)nc5)c4c3)cc2)CC1. The maximum Gasteiger partial charge on any atom is 0.271 e. The van der Waals surface area contributed by atoms with Crippen LogP contribution in [0.5, 0.6) is 0 Å². The highest BCUT2D eigenvalue weighted by atomic mass is 16.2. The van der Waals surface area contributed by atoms with E-state index in [2.05, 4.69) is 62.1 Å². The molecule has 1 aliphatic rings. The zero-order chi connectivity index (χ0) is 22.9. The molecule has 0 radical (unpaired) electrons. The predicted octanol–water partition coefficient (Wildman–Crippen LogP) is 3.75. The lowest BCUT2D eigenvalue weighted by Gasteiger charge is -2.34. The molecule has 4 heterocycles. The summed E-state index contributed by atoms with van der Waals surface area (Å²) in [5.74, 6) is -0.107. The molecule has 1 fully saturated rings. The lowest BCUT2D eigenvalue weighted by atomic mass is 10.0. The molecule has 4 aromatic rings. The molecule has 0 spiro atoms. The Bertz CT molecular complexity index is 1270. The van der Waals surface area contributed by atoms with Crippen LogP contribution in [-0.2, 0) is 0 Å². The molecule has 3 aromatic heterocycles. The third-order valence-electron chi connectivity index (χ3n) is 6.30. The third kappa shape index (κ3) is 4.19. The van der Waals surface area contributed by atoms with Gasteiger partial charge in [-0.1, -0.05) is 18.2 Å². The topological polar surface area (TPSA) is 68.4 Å². The number of hydrogen-bond acceptors (Lipinski definition) is 5. The Balaban J connectivity index is 1.42. The molecule has 1 aromatic carbocycles. The molecule has 7 heteroatoms. The molecule has 5 rings (SSSR count). The average molecular weight is 441 g/mol. The van der Waals surface area contributed by atoms with Gasteiger partial charge < -0.3 is 19.7 Å². The van der Waals surface area contributed by atoms with E-state index >= 15 is 0 Å². The predicted molar refractivity (Wildman–Crippen MR) is 132 cm³/mol. The summed E-state index contributed by atoms with van der Waals surface area (Å²) in [5, 5.41) is 1.03. The molecule has 0 unspecified atom stereocenters. The van der Waals surface area contributed by atoms with Gasteiger partial charge in [-0.3, -0.25) is 9.78 Å². The van der Waals surface area contributed by atoms with E-state index < -0.39 is 0 Å². The first kappa shape index (κ1) is 21.2. The first-order valence-electron chi connectivity index (χ1n) is 11.2. The van der Waals surface area contributed by atoms with Crippen LogP contribution in [0.2, 0.25) is 0 Å². The Morgan fingerprint density at radius 3 is 2.27 bits per heavy atom. The van der Waals surface area contributed by atoms with Gasteiger partial charge in [-0.05, 0) is 36.9 Å². The highest BCUT2D eigenvalue weighted by molar-refractivity contribution is 5.96. The van der Waals surface area contributed by atoms with Crippen LogP contribution in [0.3, 0.4) is 0 Å². The smallest absolute Gasteiger partial charge is 0.271 e. The van der Waals surface area contributed by atoms with Gasteiger partial charge in [0.2, 0.25) is 0 Å². The fourth-order valence-corrected chi connectivity index (χ4v) is 4.24. The van der Waals surface area contributed by atoms with Crippen molar-refractivity contribution in [1.29, 1.82) is 0 Å². The van der Waals surface area contributed by atoms with E-state index in [4.69, 9.17) is 0 Å². The van der Waals surface area contributed by atoms with Gasteiger partial charge in [0.25, 0.3) is 5.91 Å². The zero-order valence-corrected chi connectivity index (χ0v) is 19.2. The number of benzene rings is 1. The van der Waals surface area contributed by atoms with Crippen LogP contribution in [-0.4, -0.2) is 78.0 Å². The molecular weight excluding hydrogens is 412 g/mol. The molecule has 0 saturated carbocycles. The number of hydrogen-bond donors (Lipinski definition) is 1. The van der Waals surface area contributed by atoms with E-state index in [9.17, 15) is 4.79 Å². The molecule has 33 heavy (non-hydrogen) atoms. The molecule has 1 aliphatic heterocycles. The number of amides is 1. The Kier molecular flexibility index (Phi) is 5.56. The lowest BCUT2D eigenvalue weighted by molar-refractivity contribution is 0.0822. The number of carbonyl (C=O) groups is 1. The van der Waals surface area contributed by atoms with Crippen molar-refractivity contribution in [3.05, 3.63) is 66.7 Å². The summed E-state index contributed by atoms with van der Waals surface area (Å²) in [5.41, 5.74) is 6.70. The van der Waals surface area contributed by atoms with E-state index in [-0.39, 0.29) is 5.91 Å². The van der Waals surface area contributed by atoms with Crippen LogP contribution in [0.25, 0.3) is 33.3 Å². The molecule has 0 bridgehead atoms. The Labute approximate surface area is 193 Å². The van der Waals surface area contributed by atoms with Crippen LogP contribution >= 0.6 is 0 Å². The monoisotopic (exact) mass is 440 g/mol. The standard InChI is InChI=1S/C26H28N6O/c1-30(2)26(33)24-9-6-19(15-27-24)23-17-29-25-22(23)14-20(16-28-25)18-4-7-21(8-5-18)32-12-10-31(3)11-13-32/h4-9,14-17H,10-13H2,1-3H3,(H,28,29). The van der Waals surface area contributed by atoms with Crippen molar-refractivity contribution in [3.63, 3.8) is 0 Å². The van der Waals surface area contributed by atoms with Crippen molar-refractivity contribution < 1.29 is 4.79 Å². The van der Waals surface area contributed by atoms with E-state index in [1.165, 1.54) is 10.6 Å². The first-order chi connectivity index (χ1) is 16.0. The second-order valence-corrected chi connectivity index (χ2v) is 8.79. The van der Waals surface area contributed by atoms with E-state index in [0.717, 1.165) is 59.5 Å². The maximum atomic E-state index is 12.1. The van der Waals surface area contributed by atoms with Crippen LogP contribution < -0.4 is 4.90 Å². The highest BCUT2D eigenvalue weighted by Gasteiger charge is 2.15. The molecule has 0 aliphatic carbocycles. The molecule has 1 amide bonds. The zero-order valence-electron chi connectivity index (χ0n) is 19.2. The number of pyridine rings is 2. The van der Waals surface area contributed by atoms with Crippen molar-refractivity contribution in [1.82, 2.24) is 24.8 Å². The molecule has 1 saturated heterocycles. The number of anilines is 1. The van der Waals surface area contributed by atoms with Crippen LogP contribution in [0.4, 0.5) is 5.69 Å². The molecular formula is C26H28N6O. The number of piperazine rings is 1. The number of nitrogens with one attached hydrogen (secondary N) is 1. The number of aromatic amines is 1. The third-order valence-corrected chi connectivity index (χ3v) is 6.30. The summed E-state index contributed by atoms with van der Waals surface area (Å²) in [6.07, 6.45) is 5.60. The summed E-state index contributed by atoms with van der Waals surface area (Å²) in [6.45, 7) is 4.31. The number of nitrogens with zero attached hydrogens (tertiary/aromatic N) is 5. The quantitative estimate of drug-likeness (QED) is 0.524. The number of rotatable bonds is 4. The number of fused-ring (bicyclic) bond motifs is 1. The minimum absolute atomic E-state index is 0.107. The van der Waals surface area contributed by atoms with Gasteiger partial charge in [0.1, 0.15) is 11.3 Å². The van der Waals surface area contributed by atoms with Crippen LogP contribution in [0.1, 0.15) is 10.5 Å². The minimum Gasteiger partial charge on any atom is -0.369 e. The van der Waals surface area contributed by atoms with Gasteiger partial charge in [-0.2, -0.15) is 0 Å². The van der Waals surface area contributed by atoms with Gasteiger partial charge in [-0.15, -0.1) is 0 Å². The highest BCUT2D eigenvalue weighted by Crippen LogP contribution is 2.31. The van der Waals surface area contributed by atoms with Crippen LogP contribution in [0, 0.1) is 0 Å². The average Bonchev–Trinajstić information content (AvgIpc) is 3.27. The van der Waals surface area contributed by atoms with Gasteiger partial charge in [0, 0.05) is 86.6 Å². The van der Waals surface area contributed by atoms with Crippen molar-refractivity contribution in [2.75, 3.05) is 52.2 Å². The maximum absolute atomic E-state index is 12.1. The molecule has 7 nitrogen and oxygen atoms in total. The van der Waals surface area contributed by atoms with Crippen molar-refractivity contribution in [2.45, 2.75) is 0 Å². The second-order valence-electron chi connectivity index (χ2n) is 8.79. The summed E-state index contributed by atoms with van der Waals surface area (Å²) in [6, 6.07) is 14.6. The summed E-state index contributed by atoms with van der Waals surface area (Å²) >= 11 is 0. The van der Waals surface area contributed by atoms with E-state index in [1.54, 1.807) is 26.4 Å². The first-order valence-corrected chi connectivity index (χ1v) is 11.2. The summed E-state index contributed by atoms with van der Waals surface area (Å²) in [4.78, 5) is 30.7. The minimum atomic E-state index is -0.107. The van der Waals surface area contributed by atoms with Gasteiger partial charge in [-0.25, -0.2) is 4.98 Å². The number of carbonyl (C=O) groups excluding carboxylic acids is 1. The van der Waals surface area contributed by atoms with Gasteiger partial charge >= 0.3 is 0 Å². The molecule has 168 valence electrons.